The highest BCUT2D eigenvalue weighted by Gasteiger charge is 2.28. The molecule has 7 nitrogen and oxygen atoms in total. The van der Waals surface area contributed by atoms with Crippen molar-refractivity contribution >= 4 is 11.7 Å². The Hall–Kier alpha value is -2.22. The number of nitro groups is 1. The van der Waals surface area contributed by atoms with Crippen molar-refractivity contribution in [3.8, 4) is 5.75 Å². The zero-order valence-corrected chi connectivity index (χ0v) is 10.4. The number of hydrogen-bond acceptors (Lipinski definition) is 5. The van der Waals surface area contributed by atoms with Gasteiger partial charge in [-0.15, -0.1) is 0 Å². The van der Waals surface area contributed by atoms with Crippen molar-refractivity contribution in [2.45, 2.75) is 24.9 Å². The number of non-ortho nitro benzene ring substituents is 1. The van der Waals surface area contributed by atoms with Gasteiger partial charge in [0.25, 0.3) is 5.69 Å². The number of aliphatic carboxylic acids is 1. The third-order valence-corrected chi connectivity index (χ3v) is 2.84. The lowest BCUT2D eigenvalue weighted by atomic mass is 10.3. The molecule has 0 saturated heterocycles. The zero-order valence-electron chi connectivity index (χ0n) is 10.4. The molecule has 1 fully saturated rings. The van der Waals surface area contributed by atoms with Crippen molar-refractivity contribution < 1.29 is 24.0 Å². The maximum atomic E-state index is 13.5. The van der Waals surface area contributed by atoms with Gasteiger partial charge in [0.1, 0.15) is 12.6 Å². The molecule has 0 aliphatic heterocycles. The Kier molecular flexibility index (Phi) is 4.14. The van der Waals surface area contributed by atoms with Crippen molar-refractivity contribution in [3.05, 3.63) is 34.1 Å². The van der Waals surface area contributed by atoms with Crippen LogP contribution in [0.2, 0.25) is 0 Å². The van der Waals surface area contributed by atoms with E-state index in [1.54, 1.807) is 0 Å². The van der Waals surface area contributed by atoms with E-state index in [0.717, 1.165) is 31.0 Å². The first-order valence-electron chi connectivity index (χ1n) is 6.03. The van der Waals surface area contributed by atoms with E-state index in [1.165, 1.54) is 0 Å². The van der Waals surface area contributed by atoms with Gasteiger partial charge in [0, 0.05) is 12.1 Å². The van der Waals surface area contributed by atoms with Gasteiger partial charge in [0.05, 0.1) is 11.0 Å². The van der Waals surface area contributed by atoms with Crippen LogP contribution in [0.15, 0.2) is 18.2 Å². The van der Waals surface area contributed by atoms with Gasteiger partial charge in [-0.2, -0.15) is 0 Å². The van der Waals surface area contributed by atoms with Crippen LogP contribution < -0.4 is 10.1 Å². The highest BCUT2D eigenvalue weighted by atomic mass is 19.1. The SMILES string of the molecule is O=C(O)C(COc1ccc([N+](=O)[O-])cc1F)NC1CC1. The fourth-order valence-electron chi connectivity index (χ4n) is 1.62. The zero-order chi connectivity index (χ0) is 14.7. The molecule has 1 aliphatic carbocycles. The number of nitrogens with zero attached hydrogens (tertiary/aromatic N) is 1. The van der Waals surface area contributed by atoms with E-state index in [-0.39, 0.29) is 24.1 Å². The first-order chi connectivity index (χ1) is 9.47. The molecular weight excluding hydrogens is 271 g/mol. The van der Waals surface area contributed by atoms with Gasteiger partial charge in [0.2, 0.25) is 0 Å². The second kappa shape index (κ2) is 5.83. The van der Waals surface area contributed by atoms with Crippen LogP contribution in [0.5, 0.6) is 5.75 Å². The molecule has 1 aromatic carbocycles. The summed E-state index contributed by atoms with van der Waals surface area (Å²) in [6.07, 6.45) is 1.82. The van der Waals surface area contributed by atoms with Crippen molar-refractivity contribution in [3.63, 3.8) is 0 Å². The minimum absolute atomic E-state index is 0.168. The van der Waals surface area contributed by atoms with Crippen LogP contribution in [0.25, 0.3) is 0 Å². The molecule has 2 N–H and O–H groups in total. The predicted octanol–water partition coefficient (Wildman–Crippen LogP) is 1.32. The molecule has 1 unspecified atom stereocenters. The number of rotatable bonds is 7. The molecule has 1 atom stereocenters. The number of carboxylic acid groups (broad SMARTS) is 1. The molecule has 1 saturated carbocycles. The normalized spacial score (nSPS) is 15.7. The summed E-state index contributed by atoms with van der Waals surface area (Å²) in [5.74, 6) is -2.19. The third kappa shape index (κ3) is 3.64. The number of carbonyl (C=O) groups is 1. The Morgan fingerprint density at radius 1 is 1.60 bits per heavy atom. The van der Waals surface area contributed by atoms with Crippen LogP contribution in [-0.2, 0) is 4.79 Å². The molecule has 108 valence electrons. The predicted molar refractivity (Wildman–Crippen MR) is 66.1 cm³/mol. The Morgan fingerprint density at radius 3 is 2.80 bits per heavy atom. The van der Waals surface area contributed by atoms with E-state index < -0.39 is 22.8 Å². The van der Waals surface area contributed by atoms with E-state index in [9.17, 15) is 19.3 Å². The summed E-state index contributed by atoms with van der Waals surface area (Å²) in [5, 5.41) is 22.3. The molecule has 0 heterocycles. The van der Waals surface area contributed by atoms with Crippen molar-refractivity contribution in [2.24, 2.45) is 0 Å². The lowest BCUT2D eigenvalue weighted by Crippen LogP contribution is -2.42. The first kappa shape index (κ1) is 14.2. The fraction of sp³-hybridized carbons (Fsp3) is 0.417. The van der Waals surface area contributed by atoms with Crippen molar-refractivity contribution in [2.75, 3.05) is 6.61 Å². The molecule has 1 aliphatic rings. The summed E-state index contributed by atoms with van der Waals surface area (Å²) >= 11 is 0. The first-order valence-corrected chi connectivity index (χ1v) is 6.03. The molecule has 0 amide bonds. The molecule has 0 aromatic heterocycles. The van der Waals surface area contributed by atoms with Crippen LogP contribution in [0.3, 0.4) is 0 Å². The number of carboxylic acids is 1. The highest BCUT2D eigenvalue weighted by molar-refractivity contribution is 5.73. The van der Waals surface area contributed by atoms with Gasteiger partial charge in [-0.1, -0.05) is 0 Å². The molecule has 20 heavy (non-hydrogen) atoms. The molecule has 0 radical (unpaired) electrons. The lowest BCUT2D eigenvalue weighted by Gasteiger charge is -2.15. The number of ether oxygens (including phenoxy) is 1. The number of halogens is 1. The minimum atomic E-state index is -1.08. The maximum Gasteiger partial charge on any atom is 0.324 e. The van der Waals surface area contributed by atoms with Gasteiger partial charge < -0.3 is 9.84 Å². The van der Waals surface area contributed by atoms with Gasteiger partial charge in [-0.05, 0) is 18.9 Å². The Balaban J connectivity index is 1.98. The minimum Gasteiger partial charge on any atom is -0.488 e. The highest BCUT2D eigenvalue weighted by Crippen LogP contribution is 2.23. The fourth-order valence-corrected chi connectivity index (χ4v) is 1.62. The van der Waals surface area contributed by atoms with E-state index in [2.05, 4.69) is 5.32 Å². The smallest absolute Gasteiger partial charge is 0.324 e. The van der Waals surface area contributed by atoms with E-state index in [4.69, 9.17) is 9.84 Å². The van der Waals surface area contributed by atoms with E-state index in [0.29, 0.717) is 0 Å². The molecule has 1 aromatic rings. The molecular formula is C12H13FN2O5. The van der Waals surface area contributed by atoms with Crippen molar-refractivity contribution in [1.29, 1.82) is 0 Å². The van der Waals surface area contributed by atoms with Gasteiger partial charge in [0.15, 0.2) is 11.6 Å². The molecule has 2 rings (SSSR count). The second-order valence-electron chi connectivity index (χ2n) is 4.51. The summed E-state index contributed by atoms with van der Waals surface area (Å²) in [6.45, 7) is -0.249. The summed E-state index contributed by atoms with van der Waals surface area (Å²) in [4.78, 5) is 20.7. The number of nitro benzene ring substituents is 1. The van der Waals surface area contributed by atoms with Gasteiger partial charge >= 0.3 is 5.97 Å². The van der Waals surface area contributed by atoms with E-state index in [1.807, 2.05) is 0 Å². The van der Waals surface area contributed by atoms with Crippen molar-refractivity contribution in [1.82, 2.24) is 5.32 Å². The Bertz CT molecular complexity index is 533. The topological polar surface area (TPSA) is 102 Å². The standard InChI is InChI=1S/C12H13FN2O5/c13-9-5-8(15(18)19)3-4-11(9)20-6-10(12(16)17)14-7-1-2-7/h3-5,7,10,14H,1-2,6H2,(H,16,17). The summed E-state index contributed by atoms with van der Waals surface area (Å²) < 4.78 is 18.6. The second-order valence-corrected chi connectivity index (χ2v) is 4.51. The molecule has 0 spiro atoms. The van der Waals surface area contributed by atoms with Crippen LogP contribution in [0.4, 0.5) is 10.1 Å². The Morgan fingerprint density at radius 2 is 2.30 bits per heavy atom. The largest absolute Gasteiger partial charge is 0.488 e. The Labute approximate surface area is 113 Å². The third-order valence-electron chi connectivity index (χ3n) is 2.84. The summed E-state index contributed by atoms with van der Waals surface area (Å²) in [7, 11) is 0. The average molecular weight is 284 g/mol. The summed E-state index contributed by atoms with van der Waals surface area (Å²) in [5.41, 5.74) is -0.388. The van der Waals surface area contributed by atoms with Gasteiger partial charge in [-0.25, -0.2) is 4.39 Å². The molecule has 8 heteroatoms. The van der Waals surface area contributed by atoms with E-state index >= 15 is 0 Å². The maximum absolute atomic E-state index is 13.5. The number of hydrogen-bond donors (Lipinski definition) is 2. The van der Waals surface area contributed by atoms with Crippen LogP contribution >= 0.6 is 0 Å². The quantitative estimate of drug-likeness (QED) is 0.578. The van der Waals surface area contributed by atoms with Gasteiger partial charge in [-0.3, -0.25) is 20.2 Å². The average Bonchev–Trinajstić information content (AvgIpc) is 3.19. The number of nitrogens with one attached hydrogen (secondary N) is 1. The van der Waals surface area contributed by atoms with Crippen LogP contribution in [0.1, 0.15) is 12.8 Å². The molecule has 0 bridgehead atoms. The summed E-state index contributed by atoms with van der Waals surface area (Å²) in [6, 6.07) is 2.18. The van der Waals surface area contributed by atoms with Crippen LogP contribution in [0, 0.1) is 15.9 Å². The van der Waals surface area contributed by atoms with Crippen LogP contribution in [-0.4, -0.2) is 34.7 Å². The number of benzene rings is 1. The monoisotopic (exact) mass is 284 g/mol. The lowest BCUT2D eigenvalue weighted by molar-refractivity contribution is -0.385.